The van der Waals surface area contributed by atoms with Gasteiger partial charge in [0, 0.05) is 32.7 Å². The van der Waals surface area contributed by atoms with Gasteiger partial charge in [-0.2, -0.15) is 4.98 Å². The quantitative estimate of drug-likeness (QED) is 0.867. The minimum atomic E-state index is 0.561. The zero-order valence-corrected chi connectivity index (χ0v) is 12.7. The number of fused-ring (bicyclic) bond motifs is 1. The van der Waals surface area contributed by atoms with E-state index in [9.17, 15) is 0 Å². The van der Waals surface area contributed by atoms with Crippen molar-refractivity contribution in [2.24, 2.45) is 5.92 Å². The molecule has 6 heteroatoms. The highest BCUT2D eigenvalue weighted by Crippen LogP contribution is 2.38. The minimum Gasteiger partial charge on any atom is -0.354 e. The predicted octanol–water partition coefficient (Wildman–Crippen LogP) is 1.62. The van der Waals surface area contributed by atoms with E-state index in [0.29, 0.717) is 6.04 Å². The third kappa shape index (κ3) is 2.61. The van der Waals surface area contributed by atoms with Gasteiger partial charge in [0.1, 0.15) is 0 Å². The van der Waals surface area contributed by atoms with Gasteiger partial charge in [0.2, 0.25) is 11.9 Å². The van der Waals surface area contributed by atoms with E-state index in [1.165, 1.54) is 38.5 Å². The van der Waals surface area contributed by atoms with Crippen molar-refractivity contribution >= 4 is 11.9 Å². The van der Waals surface area contributed by atoms with Gasteiger partial charge < -0.3 is 15.5 Å². The highest BCUT2D eigenvalue weighted by molar-refractivity contribution is 5.39. The summed E-state index contributed by atoms with van der Waals surface area (Å²) in [5.74, 6) is 2.71. The monoisotopic (exact) mass is 290 g/mol. The van der Waals surface area contributed by atoms with E-state index in [0.717, 1.165) is 50.5 Å². The number of aromatic nitrogens is 3. The number of hydrogen-bond donors (Lipinski definition) is 2. The smallest absolute Gasteiger partial charge is 0.246 e. The molecule has 0 bridgehead atoms. The van der Waals surface area contributed by atoms with Gasteiger partial charge in [-0.05, 0) is 25.2 Å². The molecule has 2 N–H and O–H groups in total. The number of piperazine rings is 1. The first-order valence-corrected chi connectivity index (χ1v) is 8.58. The van der Waals surface area contributed by atoms with E-state index in [4.69, 9.17) is 10.1 Å². The molecule has 2 fully saturated rings. The van der Waals surface area contributed by atoms with Crippen molar-refractivity contribution in [3.63, 3.8) is 0 Å². The number of nitrogens with one attached hydrogen (secondary N) is 2. The number of hydrogen-bond acceptors (Lipinski definition) is 5. The fraction of sp³-hybridized carbons (Fsp3) is 0.867. The molecule has 1 saturated heterocycles. The van der Waals surface area contributed by atoms with Gasteiger partial charge in [-0.1, -0.05) is 19.3 Å². The van der Waals surface area contributed by atoms with Gasteiger partial charge >= 0.3 is 0 Å². The maximum atomic E-state index is 4.87. The van der Waals surface area contributed by atoms with Gasteiger partial charge in [0.15, 0.2) is 0 Å². The lowest BCUT2D eigenvalue weighted by molar-refractivity contribution is 0.222. The molecule has 21 heavy (non-hydrogen) atoms. The summed E-state index contributed by atoms with van der Waals surface area (Å²) < 4.78 is 2.21. The Hall–Kier alpha value is -1.30. The average Bonchev–Trinajstić information content (AvgIpc) is 3.00. The molecule has 2 aliphatic heterocycles. The van der Waals surface area contributed by atoms with Crippen molar-refractivity contribution in [2.45, 2.75) is 44.6 Å². The Morgan fingerprint density at radius 2 is 1.76 bits per heavy atom. The van der Waals surface area contributed by atoms with Crippen molar-refractivity contribution in [3.05, 3.63) is 0 Å². The zero-order valence-electron chi connectivity index (χ0n) is 12.7. The second-order valence-corrected chi connectivity index (χ2v) is 6.60. The molecule has 0 aromatic carbocycles. The molecule has 1 atom stereocenters. The van der Waals surface area contributed by atoms with E-state index in [-0.39, 0.29) is 0 Å². The van der Waals surface area contributed by atoms with Crippen LogP contribution in [0.15, 0.2) is 0 Å². The first kappa shape index (κ1) is 13.4. The first-order chi connectivity index (χ1) is 10.4. The Morgan fingerprint density at radius 3 is 2.57 bits per heavy atom. The van der Waals surface area contributed by atoms with Crippen LogP contribution in [-0.4, -0.2) is 47.5 Å². The van der Waals surface area contributed by atoms with Crippen molar-refractivity contribution in [1.82, 2.24) is 20.1 Å². The third-order valence-electron chi connectivity index (χ3n) is 5.25. The topological polar surface area (TPSA) is 58.0 Å². The normalized spacial score (nSPS) is 27.2. The number of anilines is 2. The van der Waals surface area contributed by atoms with Crippen LogP contribution in [0, 0.1) is 5.92 Å². The molecule has 3 heterocycles. The zero-order chi connectivity index (χ0) is 14.1. The van der Waals surface area contributed by atoms with Gasteiger partial charge in [-0.15, -0.1) is 5.10 Å². The molecule has 0 amide bonds. The fourth-order valence-electron chi connectivity index (χ4n) is 4.07. The largest absolute Gasteiger partial charge is 0.354 e. The van der Waals surface area contributed by atoms with E-state index in [2.05, 4.69) is 20.2 Å². The molecular formula is C15H26N6. The summed E-state index contributed by atoms with van der Waals surface area (Å²) in [4.78, 5) is 7.07. The second-order valence-electron chi connectivity index (χ2n) is 6.60. The molecule has 1 aromatic rings. The van der Waals surface area contributed by atoms with E-state index < -0.39 is 0 Å². The summed E-state index contributed by atoms with van der Waals surface area (Å²) in [6.45, 7) is 5.13. The lowest BCUT2D eigenvalue weighted by Crippen LogP contribution is -2.44. The molecule has 1 aliphatic carbocycles. The summed E-state index contributed by atoms with van der Waals surface area (Å²) in [6.07, 6.45) is 8.13. The highest BCUT2D eigenvalue weighted by atomic mass is 15.5. The molecule has 1 aromatic heterocycles. The molecule has 3 aliphatic rings. The summed E-state index contributed by atoms with van der Waals surface area (Å²) in [6, 6.07) is 0.561. The van der Waals surface area contributed by atoms with Crippen LogP contribution in [0.4, 0.5) is 11.9 Å². The lowest BCUT2D eigenvalue weighted by Gasteiger charge is -2.33. The maximum absolute atomic E-state index is 4.87. The fourth-order valence-corrected chi connectivity index (χ4v) is 4.07. The van der Waals surface area contributed by atoms with Crippen LogP contribution >= 0.6 is 0 Å². The van der Waals surface area contributed by atoms with Crippen molar-refractivity contribution < 1.29 is 0 Å². The van der Waals surface area contributed by atoms with Crippen LogP contribution in [-0.2, 0) is 0 Å². The Bertz CT molecular complexity index is 473. The van der Waals surface area contributed by atoms with Crippen molar-refractivity contribution in [1.29, 1.82) is 0 Å². The summed E-state index contributed by atoms with van der Waals surface area (Å²) in [5, 5.41) is 11.7. The molecule has 0 spiro atoms. The van der Waals surface area contributed by atoms with Gasteiger partial charge in [-0.25, -0.2) is 4.68 Å². The van der Waals surface area contributed by atoms with E-state index >= 15 is 0 Å². The predicted molar refractivity (Wildman–Crippen MR) is 83.8 cm³/mol. The maximum Gasteiger partial charge on any atom is 0.246 e. The standard InChI is InChI=1S/C15H26N6/c1-2-4-12(5-3-1)13-6-7-17-14-18-15(19-21(13)14)20-10-8-16-9-11-20/h12-13,16H,1-11H2,(H,17,18,19). The molecule has 6 nitrogen and oxygen atoms in total. The lowest BCUT2D eigenvalue weighted by atomic mass is 9.82. The molecular weight excluding hydrogens is 264 g/mol. The van der Waals surface area contributed by atoms with Crippen LogP contribution in [0.25, 0.3) is 0 Å². The van der Waals surface area contributed by atoms with Crippen LogP contribution in [0.3, 0.4) is 0 Å². The Kier molecular flexibility index (Phi) is 3.71. The minimum absolute atomic E-state index is 0.561. The van der Waals surface area contributed by atoms with Crippen molar-refractivity contribution in [3.8, 4) is 0 Å². The van der Waals surface area contributed by atoms with Crippen LogP contribution in [0.5, 0.6) is 0 Å². The van der Waals surface area contributed by atoms with E-state index in [1.807, 2.05) is 0 Å². The van der Waals surface area contributed by atoms with Gasteiger partial charge in [0.25, 0.3) is 0 Å². The summed E-state index contributed by atoms with van der Waals surface area (Å²) >= 11 is 0. The average molecular weight is 290 g/mol. The van der Waals surface area contributed by atoms with Gasteiger partial charge in [-0.3, -0.25) is 0 Å². The molecule has 1 unspecified atom stereocenters. The third-order valence-corrected chi connectivity index (χ3v) is 5.25. The second kappa shape index (κ2) is 5.83. The van der Waals surface area contributed by atoms with E-state index in [1.54, 1.807) is 0 Å². The first-order valence-electron chi connectivity index (χ1n) is 8.58. The molecule has 116 valence electrons. The van der Waals surface area contributed by atoms with Crippen LogP contribution in [0.2, 0.25) is 0 Å². The molecule has 4 rings (SSSR count). The molecule has 1 saturated carbocycles. The Balaban J connectivity index is 1.56. The Labute approximate surface area is 126 Å². The van der Waals surface area contributed by atoms with Crippen molar-refractivity contribution in [2.75, 3.05) is 42.9 Å². The number of nitrogens with zero attached hydrogens (tertiary/aromatic N) is 4. The SMILES string of the molecule is C1CCC(C2CCNc3nc(N4CCNCC4)nn32)CC1. The number of rotatable bonds is 2. The Morgan fingerprint density at radius 1 is 0.952 bits per heavy atom. The summed E-state index contributed by atoms with van der Waals surface area (Å²) in [7, 11) is 0. The van der Waals surface area contributed by atoms with Gasteiger partial charge in [0.05, 0.1) is 6.04 Å². The highest BCUT2D eigenvalue weighted by Gasteiger charge is 2.31. The summed E-state index contributed by atoms with van der Waals surface area (Å²) in [5.41, 5.74) is 0. The van der Waals surface area contributed by atoms with Crippen LogP contribution in [0.1, 0.15) is 44.6 Å². The van der Waals surface area contributed by atoms with Crippen LogP contribution < -0.4 is 15.5 Å². The molecule has 0 radical (unpaired) electrons.